The van der Waals surface area contributed by atoms with Crippen molar-refractivity contribution in [2.45, 2.75) is 24.7 Å². The summed E-state index contributed by atoms with van der Waals surface area (Å²) >= 11 is 0. The number of piperazine rings is 1. The number of hydrogen-bond acceptors (Lipinski definition) is 6. The number of nitrogens with one attached hydrogen (secondary N) is 2. The highest BCUT2D eigenvalue weighted by molar-refractivity contribution is 7.89. The van der Waals surface area contributed by atoms with E-state index in [0.29, 0.717) is 58.6 Å². The lowest BCUT2D eigenvalue weighted by Gasteiger charge is -2.26. The fourth-order valence-corrected chi connectivity index (χ4v) is 6.14. The molecule has 1 saturated heterocycles. The number of rotatable bonds is 9. The fourth-order valence-electron chi connectivity index (χ4n) is 4.90. The Morgan fingerprint density at radius 2 is 1.79 bits per heavy atom. The first kappa shape index (κ1) is 29.0. The normalized spacial score (nSPS) is 14.4. The summed E-state index contributed by atoms with van der Waals surface area (Å²) in [4.78, 5) is 34.1. The number of carbonyl (C=O) groups is 2. The third-order valence-electron chi connectivity index (χ3n) is 7.25. The Bertz CT molecular complexity index is 1750. The van der Waals surface area contributed by atoms with E-state index >= 15 is 0 Å². The van der Waals surface area contributed by atoms with Crippen LogP contribution in [0.4, 0.5) is 5.69 Å². The monoisotopic (exact) mass is 587 g/mol. The lowest BCUT2D eigenvalue weighted by atomic mass is 10.0. The standard InChI is InChI=1S/C31H33N5O5S/c1-3-4-17-35(2)42(40,41)24-14-15-26-25(19-24)28(30(38)34-26)29(21-8-6-5-7-9-21)33-23-12-10-22(11-13-23)31(39)36-18-16-32-27(37)20-36/h5-15,19,34,38H,3-4,16-18,20H2,1-2H3,(H,32,37). The van der Waals surface area contributed by atoms with E-state index < -0.39 is 10.0 Å². The third-order valence-corrected chi connectivity index (χ3v) is 9.10. The Labute approximate surface area is 244 Å². The molecule has 1 aliphatic heterocycles. The summed E-state index contributed by atoms with van der Waals surface area (Å²) < 4.78 is 28.0. The van der Waals surface area contributed by atoms with Crippen LogP contribution < -0.4 is 5.32 Å². The van der Waals surface area contributed by atoms with Gasteiger partial charge in [-0.2, -0.15) is 0 Å². The number of unbranched alkanes of at least 4 members (excludes halogenated alkanes) is 1. The van der Waals surface area contributed by atoms with Gasteiger partial charge in [0.25, 0.3) is 5.91 Å². The van der Waals surface area contributed by atoms with Gasteiger partial charge in [-0.05, 0) is 48.9 Å². The number of nitrogens with zero attached hydrogens (tertiary/aromatic N) is 3. The Hall–Kier alpha value is -4.48. The molecule has 1 aromatic heterocycles. The maximum absolute atomic E-state index is 13.3. The lowest BCUT2D eigenvalue weighted by molar-refractivity contribution is -0.123. The maximum Gasteiger partial charge on any atom is 0.254 e. The average molecular weight is 588 g/mol. The molecule has 0 spiro atoms. The van der Waals surface area contributed by atoms with Crippen molar-refractivity contribution in [3.8, 4) is 5.88 Å². The molecular formula is C31H33N5O5S. The molecular weight excluding hydrogens is 554 g/mol. The van der Waals surface area contributed by atoms with Crippen molar-refractivity contribution in [2.75, 3.05) is 33.2 Å². The maximum atomic E-state index is 13.3. The molecule has 5 rings (SSSR count). The molecule has 3 aromatic carbocycles. The van der Waals surface area contributed by atoms with Crippen molar-refractivity contribution in [2.24, 2.45) is 4.99 Å². The van der Waals surface area contributed by atoms with E-state index in [4.69, 9.17) is 4.99 Å². The van der Waals surface area contributed by atoms with Crippen LogP contribution in [0.1, 0.15) is 41.3 Å². The minimum Gasteiger partial charge on any atom is -0.494 e. The number of aromatic nitrogens is 1. The first-order chi connectivity index (χ1) is 20.2. The molecule has 10 nitrogen and oxygen atoms in total. The second-order valence-electron chi connectivity index (χ2n) is 10.2. The molecule has 4 aromatic rings. The smallest absolute Gasteiger partial charge is 0.254 e. The minimum absolute atomic E-state index is 0.0167. The number of sulfonamides is 1. The lowest BCUT2D eigenvalue weighted by Crippen LogP contribution is -2.49. The van der Waals surface area contributed by atoms with Crippen molar-refractivity contribution in [3.63, 3.8) is 0 Å². The number of aliphatic imine (C=N–C) groups is 1. The van der Waals surface area contributed by atoms with E-state index in [1.54, 1.807) is 43.4 Å². The van der Waals surface area contributed by atoms with Gasteiger partial charge in [-0.1, -0.05) is 43.7 Å². The molecule has 0 saturated carbocycles. The van der Waals surface area contributed by atoms with Crippen LogP contribution in [0.25, 0.3) is 10.9 Å². The number of hydrogen-bond donors (Lipinski definition) is 3. The highest BCUT2D eigenvalue weighted by atomic mass is 32.2. The first-order valence-corrected chi connectivity index (χ1v) is 15.2. The zero-order chi connectivity index (χ0) is 29.9. The molecule has 1 fully saturated rings. The topological polar surface area (TPSA) is 135 Å². The van der Waals surface area contributed by atoms with Crippen molar-refractivity contribution < 1.29 is 23.1 Å². The summed E-state index contributed by atoms with van der Waals surface area (Å²) in [6, 6.07) is 20.7. The van der Waals surface area contributed by atoms with Crippen molar-refractivity contribution in [3.05, 3.63) is 89.5 Å². The van der Waals surface area contributed by atoms with Crippen molar-refractivity contribution in [1.82, 2.24) is 19.5 Å². The molecule has 0 aliphatic carbocycles. The van der Waals surface area contributed by atoms with Gasteiger partial charge in [-0.3, -0.25) is 9.59 Å². The molecule has 218 valence electrons. The number of fused-ring (bicyclic) bond motifs is 1. The van der Waals surface area contributed by atoms with E-state index in [1.165, 1.54) is 15.3 Å². The van der Waals surface area contributed by atoms with Gasteiger partial charge in [0.15, 0.2) is 5.88 Å². The Morgan fingerprint density at radius 1 is 1.05 bits per heavy atom. The molecule has 0 unspecified atom stereocenters. The summed E-state index contributed by atoms with van der Waals surface area (Å²) in [6.07, 6.45) is 1.62. The second kappa shape index (κ2) is 12.2. The van der Waals surface area contributed by atoms with E-state index in [0.717, 1.165) is 12.8 Å². The van der Waals surface area contributed by atoms with Crippen molar-refractivity contribution >= 4 is 44.1 Å². The molecule has 0 atom stereocenters. The fraction of sp³-hybridized carbons (Fsp3) is 0.258. The van der Waals surface area contributed by atoms with Crippen LogP contribution in [0.15, 0.2) is 82.7 Å². The Balaban J connectivity index is 1.56. The van der Waals surface area contributed by atoms with E-state index in [2.05, 4.69) is 10.3 Å². The van der Waals surface area contributed by atoms with Crippen LogP contribution in [0.2, 0.25) is 0 Å². The molecule has 1 aliphatic rings. The van der Waals surface area contributed by atoms with Gasteiger partial charge in [0.1, 0.15) is 0 Å². The molecule has 42 heavy (non-hydrogen) atoms. The number of aromatic hydroxyl groups is 1. The number of amides is 2. The predicted molar refractivity (Wildman–Crippen MR) is 162 cm³/mol. The van der Waals surface area contributed by atoms with E-state index in [-0.39, 0.29) is 29.1 Å². The van der Waals surface area contributed by atoms with Gasteiger partial charge in [-0.15, -0.1) is 0 Å². The molecule has 0 radical (unpaired) electrons. The zero-order valence-electron chi connectivity index (χ0n) is 23.5. The van der Waals surface area contributed by atoms with Crippen LogP contribution in [-0.4, -0.2) is 78.5 Å². The molecule has 3 N–H and O–H groups in total. The highest BCUT2D eigenvalue weighted by Crippen LogP contribution is 2.33. The Kier molecular flexibility index (Phi) is 8.41. The number of benzene rings is 3. The van der Waals surface area contributed by atoms with E-state index in [9.17, 15) is 23.1 Å². The van der Waals surface area contributed by atoms with Crippen LogP contribution in [0, 0.1) is 0 Å². The van der Waals surface area contributed by atoms with Gasteiger partial charge in [-0.25, -0.2) is 17.7 Å². The zero-order valence-corrected chi connectivity index (χ0v) is 24.3. The van der Waals surface area contributed by atoms with Gasteiger partial charge >= 0.3 is 0 Å². The van der Waals surface area contributed by atoms with Crippen molar-refractivity contribution in [1.29, 1.82) is 0 Å². The number of H-pyrrole nitrogens is 1. The Morgan fingerprint density at radius 3 is 2.48 bits per heavy atom. The summed E-state index contributed by atoms with van der Waals surface area (Å²) in [5, 5.41) is 14.3. The van der Waals surface area contributed by atoms with Gasteiger partial charge in [0, 0.05) is 48.7 Å². The van der Waals surface area contributed by atoms with Gasteiger partial charge in [0.05, 0.1) is 28.4 Å². The molecule has 2 amide bonds. The molecule has 11 heteroatoms. The number of aromatic amines is 1. The third kappa shape index (κ3) is 5.93. The summed E-state index contributed by atoms with van der Waals surface area (Å²) in [5.41, 5.74) is 3.03. The minimum atomic E-state index is -3.75. The van der Waals surface area contributed by atoms with Crippen LogP contribution in [0.3, 0.4) is 0 Å². The van der Waals surface area contributed by atoms with Crippen LogP contribution >= 0.6 is 0 Å². The van der Waals surface area contributed by atoms with Crippen LogP contribution in [-0.2, 0) is 14.8 Å². The largest absolute Gasteiger partial charge is 0.494 e. The summed E-state index contributed by atoms with van der Waals surface area (Å²) in [6.45, 7) is 3.28. The first-order valence-electron chi connectivity index (χ1n) is 13.8. The van der Waals surface area contributed by atoms with Crippen LogP contribution in [0.5, 0.6) is 5.88 Å². The summed E-state index contributed by atoms with van der Waals surface area (Å²) in [7, 11) is -2.18. The van der Waals surface area contributed by atoms with Gasteiger partial charge < -0.3 is 20.3 Å². The SMILES string of the molecule is CCCCN(C)S(=O)(=O)c1ccc2[nH]c(O)c(C(=Nc3ccc(C(=O)N4CCNC(=O)C4)cc3)c3ccccc3)c2c1. The predicted octanol–water partition coefficient (Wildman–Crippen LogP) is 4.04. The van der Waals surface area contributed by atoms with E-state index in [1.807, 2.05) is 37.3 Å². The molecule has 2 heterocycles. The molecule has 0 bridgehead atoms. The quantitative estimate of drug-likeness (QED) is 0.254. The summed E-state index contributed by atoms with van der Waals surface area (Å²) in [5.74, 6) is -0.572. The highest BCUT2D eigenvalue weighted by Gasteiger charge is 2.25. The van der Waals surface area contributed by atoms with Gasteiger partial charge in [0.2, 0.25) is 15.9 Å². The number of carbonyl (C=O) groups excluding carboxylic acids is 2. The average Bonchev–Trinajstić information content (AvgIpc) is 3.33. The second-order valence-corrected chi connectivity index (χ2v) is 12.2.